The Morgan fingerprint density at radius 2 is 2.29 bits per heavy atom. The van der Waals surface area contributed by atoms with Crippen molar-refractivity contribution < 1.29 is 0 Å². The highest BCUT2D eigenvalue weighted by Crippen LogP contribution is 2.25. The zero-order valence-corrected chi connectivity index (χ0v) is 8.52. The number of nitrogens with one attached hydrogen (secondary N) is 1. The van der Waals surface area contributed by atoms with E-state index < -0.39 is 0 Å². The second-order valence-electron chi connectivity index (χ2n) is 3.13. The van der Waals surface area contributed by atoms with E-state index in [9.17, 15) is 0 Å². The fourth-order valence-corrected chi connectivity index (χ4v) is 1.78. The van der Waals surface area contributed by atoms with Crippen molar-refractivity contribution in [3.8, 4) is 6.07 Å². The summed E-state index contributed by atoms with van der Waals surface area (Å²) in [6, 6.07) is 7.75. The molecule has 0 atom stereocenters. The van der Waals surface area contributed by atoms with Crippen LogP contribution in [0.5, 0.6) is 0 Å². The Morgan fingerprint density at radius 3 is 2.93 bits per heavy atom. The maximum atomic E-state index is 9.01. The lowest BCUT2D eigenvalue weighted by Crippen LogP contribution is -1.82. The molecule has 1 N–H and O–H groups in total. The van der Waals surface area contributed by atoms with Crippen LogP contribution in [0.3, 0.4) is 0 Å². The van der Waals surface area contributed by atoms with Gasteiger partial charge in [-0.25, -0.2) is 0 Å². The van der Waals surface area contributed by atoms with Crippen LogP contribution in [0.1, 0.15) is 18.2 Å². The van der Waals surface area contributed by atoms with E-state index in [-0.39, 0.29) is 0 Å². The summed E-state index contributed by atoms with van der Waals surface area (Å²) in [7, 11) is 0. The molecule has 2 rings (SSSR count). The van der Waals surface area contributed by atoms with E-state index in [2.05, 4.69) is 11.1 Å². The average molecular weight is 205 g/mol. The maximum Gasteiger partial charge on any atom is 0.102 e. The van der Waals surface area contributed by atoms with Crippen LogP contribution in [0.25, 0.3) is 10.9 Å². The van der Waals surface area contributed by atoms with Crippen molar-refractivity contribution in [1.82, 2.24) is 4.98 Å². The Kier molecular flexibility index (Phi) is 2.18. The summed E-state index contributed by atoms with van der Waals surface area (Å²) >= 11 is 5.88. The van der Waals surface area contributed by atoms with Gasteiger partial charge in [-0.05, 0) is 24.6 Å². The van der Waals surface area contributed by atoms with Crippen LogP contribution >= 0.6 is 11.6 Å². The number of fused-ring (bicyclic) bond motifs is 1. The zero-order valence-electron chi connectivity index (χ0n) is 7.76. The van der Waals surface area contributed by atoms with E-state index in [1.807, 2.05) is 25.1 Å². The SMILES string of the molecule is CCc1[nH]c2ccc(Cl)cc2c1C#N. The summed E-state index contributed by atoms with van der Waals surface area (Å²) in [5, 5.41) is 10.6. The molecule has 0 saturated heterocycles. The number of halogens is 1. The van der Waals surface area contributed by atoms with Crippen molar-refractivity contribution in [3.05, 3.63) is 34.5 Å². The Labute approximate surface area is 87.1 Å². The van der Waals surface area contributed by atoms with E-state index >= 15 is 0 Å². The lowest BCUT2D eigenvalue weighted by molar-refractivity contribution is 1.07. The molecule has 3 heteroatoms. The van der Waals surface area contributed by atoms with Gasteiger partial charge < -0.3 is 4.98 Å². The second kappa shape index (κ2) is 3.36. The molecule has 14 heavy (non-hydrogen) atoms. The molecule has 0 radical (unpaired) electrons. The summed E-state index contributed by atoms with van der Waals surface area (Å²) in [6.45, 7) is 2.02. The first-order valence-corrected chi connectivity index (χ1v) is 4.84. The highest BCUT2D eigenvalue weighted by Gasteiger charge is 2.09. The fraction of sp³-hybridized carbons (Fsp3) is 0.182. The largest absolute Gasteiger partial charge is 0.357 e. The molecule has 2 aromatic rings. The smallest absolute Gasteiger partial charge is 0.102 e. The summed E-state index contributed by atoms with van der Waals surface area (Å²) in [4.78, 5) is 3.21. The first-order valence-electron chi connectivity index (χ1n) is 4.46. The minimum Gasteiger partial charge on any atom is -0.357 e. The van der Waals surface area contributed by atoms with Gasteiger partial charge >= 0.3 is 0 Å². The normalized spacial score (nSPS) is 10.4. The molecular weight excluding hydrogens is 196 g/mol. The average Bonchev–Trinajstić information content (AvgIpc) is 2.54. The molecule has 1 aromatic heterocycles. The number of rotatable bonds is 1. The van der Waals surface area contributed by atoms with Crippen LogP contribution < -0.4 is 0 Å². The third kappa shape index (κ3) is 1.26. The van der Waals surface area contributed by atoms with Gasteiger partial charge in [0.05, 0.1) is 5.56 Å². The van der Waals surface area contributed by atoms with Gasteiger partial charge in [0.2, 0.25) is 0 Å². The molecule has 0 saturated carbocycles. The molecule has 0 spiro atoms. The Balaban J connectivity index is 2.83. The third-order valence-corrected chi connectivity index (χ3v) is 2.54. The number of aryl methyl sites for hydroxylation is 1. The first kappa shape index (κ1) is 9.11. The van der Waals surface area contributed by atoms with Crippen molar-refractivity contribution >= 4 is 22.5 Å². The predicted octanol–water partition coefficient (Wildman–Crippen LogP) is 3.26. The van der Waals surface area contributed by atoms with Crippen LogP contribution in [-0.2, 0) is 6.42 Å². The molecule has 70 valence electrons. The molecule has 1 aromatic carbocycles. The third-order valence-electron chi connectivity index (χ3n) is 2.30. The number of nitrogens with zero attached hydrogens (tertiary/aromatic N) is 1. The molecule has 0 fully saturated rings. The van der Waals surface area contributed by atoms with E-state index in [1.54, 1.807) is 0 Å². The molecule has 0 aliphatic heterocycles. The van der Waals surface area contributed by atoms with Crippen molar-refractivity contribution in [1.29, 1.82) is 5.26 Å². The molecule has 2 nitrogen and oxygen atoms in total. The van der Waals surface area contributed by atoms with Crippen LogP contribution in [-0.4, -0.2) is 4.98 Å². The van der Waals surface area contributed by atoms with E-state index in [4.69, 9.17) is 16.9 Å². The number of benzene rings is 1. The van der Waals surface area contributed by atoms with Gasteiger partial charge in [-0.3, -0.25) is 0 Å². The Bertz CT molecular complexity index is 520. The molecule has 0 aliphatic rings. The summed E-state index contributed by atoms with van der Waals surface area (Å²) in [5.74, 6) is 0. The Hall–Kier alpha value is -1.46. The number of aromatic nitrogens is 1. The quantitative estimate of drug-likeness (QED) is 0.761. The van der Waals surface area contributed by atoms with Crippen molar-refractivity contribution in [2.45, 2.75) is 13.3 Å². The molecule has 0 bridgehead atoms. The molecule has 1 heterocycles. The fourth-order valence-electron chi connectivity index (χ4n) is 1.61. The minimum atomic E-state index is 0.663. The van der Waals surface area contributed by atoms with Gasteiger partial charge in [0.1, 0.15) is 6.07 Å². The maximum absolute atomic E-state index is 9.01. The number of H-pyrrole nitrogens is 1. The Morgan fingerprint density at radius 1 is 1.50 bits per heavy atom. The highest BCUT2D eigenvalue weighted by molar-refractivity contribution is 6.31. The van der Waals surface area contributed by atoms with Crippen LogP contribution in [0.15, 0.2) is 18.2 Å². The number of hydrogen-bond acceptors (Lipinski definition) is 1. The zero-order chi connectivity index (χ0) is 10.1. The summed E-state index contributed by atoms with van der Waals surface area (Å²) in [6.07, 6.45) is 0.829. The minimum absolute atomic E-state index is 0.663. The monoisotopic (exact) mass is 204 g/mol. The lowest BCUT2D eigenvalue weighted by atomic mass is 10.1. The summed E-state index contributed by atoms with van der Waals surface area (Å²) in [5.41, 5.74) is 2.66. The van der Waals surface area contributed by atoms with Gasteiger partial charge in [-0.2, -0.15) is 5.26 Å². The van der Waals surface area contributed by atoms with Crippen molar-refractivity contribution in [3.63, 3.8) is 0 Å². The van der Waals surface area contributed by atoms with Gasteiger partial charge in [-0.15, -0.1) is 0 Å². The molecule has 0 amide bonds. The van der Waals surface area contributed by atoms with Gasteiger partial charge in [-0.1, -0.05) is 18.5 Å². The van der Waals surface area contributed by atoms with Crippen LogP contribution in [0.4, 0.5) is 0 Å². The van der Waals surface area contributed by atoms with Gasteiger partial charge in [0, 0.05) is 21.6 Å². The van der Waals surface area contributed by atoms with Crippen LogP contribution in [0.2, 0.25) is 5.02 Å². The van der Waals surface area contributed by atoms with Gasteiger partial charge in [0.25, 0.3) is 0 Å². The first-order chi connectivity index (χ1) is 6.76. The van der Waals surface area contributed by atoms with E-state index in [1.165, 1.54) is 0 Å². The number of nitriles is 1. The highest BCUT2D eigenvalue weighted by atomic mass is 35.5. The van der Waals surface area contributed by atoms with Crippen molar-refractivity contribution in [2.75, 3.05) is 0 Å². The standard InChI is InChI=1S/C11H9ClN2/c1-2-10-9(6-13)8-5-7(12)3-4-11(8)14-10/h3-5,14H,2H2,1H3. The second-order valence-corrected chi connectivity index (χ2v) is 3.57. The topological polar surface area (TPSA) is 39.6 Å². The lowest BCUT2D eigenvalue weighted by Gasteiger charge is -1.90. The van der Waals surface area contributed by atoms with Gasteiger partial charge in [0.15, 0.2) is 0 Å². The molecule has 0 unspecified atom stereocenters. The number of aromatic amines is 1. The van der Waals surface area contributed by atoms with E-state index in [0.29, 0.717) is 10.6 Å². The predicted molar refractivity (Wildman–Crippen MR) is 57.4 cm³/mol. The number of hydrogen-bond donors (Lipinski definition) is 1. The molecule has 0 aliphatic carbocycles. The molecular formula is C11H9ClN2. The van der Waals surface area contributed by atoms with Crippen LogP contribution in [0, 0.1) is 11.3 Å². The van der Waals surface area contributed by atoms with E-state index in [0.717, 1.165) is 23.0 Å². The van der Waals surface area contributed by atoms with Crippen molar-refractivity contribution in [2.24, 2.45) is 0 Å². The summed E-state index contributed by atoms with van der Waals surface area (Å²) < 4.78 is 0.